The highest BCUT2D eigenvalue weighted by Crippen LogP contribution is 2.25. The first-order valence-corrected chi connectivity index (χ1v) is 10.7. The van der Waals surface area contributed by atoms with Gasteiger partial charge in [-0.2, -0.15) is 0 Å². The molecule has 4 rings (SSSR count). The van der Waals surface area contributed by atoms with Crippen LogP contribution in [-0.2, 0) is 9.59 Å². The van der Waals surface area contributed by atoms with Crippen molar-refractivity contribution in [2.45, 2.75) is 26.2 Å². The normalized spacial score (nSPS) is 11.9. The first kappa shape index (κ1) is 20.6. The van der Waals surface area contributed by atoms with Crippen molar-refractivity contribution < 1.29 is 9.59 Å². The molecule has 0 heterocycles. The first-order chi connectivity index (χ1) is 15.1. The molecule has 4 aromatic carbocycles. The van der Waals surface area contributed by atoms with Crippen LogP contribution in [0.4, 0.5) is 11.4 Å². The van der Waals surface area contributed by atoms with E-state index in [1.165, 1.54) is 0 Å². The molecule has 0 radical (unpaired) electrons. The highest BCUT2D eigenvalue weighted by Gasteiger charge is 2.13. The minimum Gasteiger partial charge on any atom is -0.326 e. The van der Waals surface area contributed by atoms with Crippen molar-refractivity contribution in [1.29, 1.82) is 0 Å². The van der Waals surface area contributed by atoms with Crippen LogP contribution in [-0.4, -0.2) is 11.8 Å². The van der Waals surface area contributed by atoms with Crippen LogP contribution >= 0.6 is 0 Å². The third-order valence-electron chi connectivity index (χ3n) is 5.53. The number of fused-ring (bicyclic) bond motifs is 2. The summed E-state index contributed by atoms with van der Waals surface area (Å²) in [6, 6.07) is 27.8. The summed E-state index contributed by atoms with van der Waals surface area (Å²) in [6.45, 7) is 2.01. The van der Waals surface area contributed by atoms with Crippen LogP contribution in [0.5, 0.6) is 0 Å². The lowest BCUT2D eigenvalue weighted by atomic mass is 10.0. The topological polar surface area (TPSA) is 58.2 Å². The Balaban J connectivity index is 1.30. The quantitative estimate of drug-likeness (QED) is 0.371. The van der Waals surface area contributed by atoms with E-state index in [1.807, 2.05) is 91.9 Å². The Morgan fingerprint density at radius 3 is 1.74 bits per heavy atom. The largest absolute Gasteiger partial charge is 0.326 e. The molecule has 0 aromatic heterocycles. The van der Waals surface area contributed by atoms with E-state index in [2.05, 4.69) is 10.6 Å². The van der Waals surface area contributed by atoms with Crippen molar-refractivity contribution >= 4 is 44.7 Å². The van der Waals surface area contributed by atoms with Crippen LogP contribution in [0.15, 0.2) is 84.9 Å². The van der Waals surface area contributed by atoms with E-state index in [9.17, 15) is 9.59 Å². The molecule has 0 saturated carbocycles. The van der Waals surface area contributed by atoms with Crippen molar-refractivity contribution in [3.63, 3.8) is 0 Å². The molecule has 4 aromatic rings. The molecule has 0 aliphatic rings. The van der Waals surface area contributed by atoms with Crippen molar-refractivity contribution in [3.8, 4) is 0 Å². The van der Waals surface area contributed by atoms with Crippen molar-refractivity contribution in [2.75, 3.05) is 10.6 Å². The van der Waals surface area contributed by atoms with Gasteiger partial charge in [0, 0.05) is 35.0 Å². The summed E-state index contributed by atoms with van der Waals surface area (Å²) in [7, 11) is 0. The summed E-state index contributed by atoms with van der Waals surface area (Å²) in [4.78, 5) is 25.0. The maximum atomic E-state index is 12.5. The minimum absolute atomic E-state index is 0.0293. The summed E-state index contributed by atoms with van der Waals surface area (Å²) in [5.74, 6) is 0.0456. The van der Waals surface area contributed by atoms with Crippen LogP contribution in [0.1, 0.15) is 26.2 Å². The SMILES string of the molecule is C[C@H](CCC(=O)Nc1cccc2ccccc12)CC(=O)Nc1cccc2ccccc12. The average Bonchev–Trinajstić information content (AvgIpc) is 2.78. The third kappa shape index (κ3) is 5.10. The molecule has 0 aliphatic carbocycles. The molecule has 31 heavy (non-hydrogen) atoms. The summed E-state index contributed by atoms with van der Waals surface area (Å²) >= 11 is 0. The highest BCUT2D eigenvalue weighted by molar-refractivity contribution is 6.03. The molecule has 0 bridgehead atoms. The first-order valence-electron chi connectivity index (χ1n) is 10.7. The number of nitrogens with one attached hydrogen (secondary N) is 2. The van der Waals surface area contributed by atoms with Gasteiger partial charge in [-0.15, -0.1) is 0 Å². The Bertz CT molecular complexity index is 1220. The van der Waals surface area contributed by atoms with Crippen LogP contribution in [0, 0.1) is 5.92 Å². The van der Waals surface area contributed by atoms with E-state index < -0.39 is 0 Å². The molecule has 4 nitrogen and oxygen atoms in total. The summed E-state index contributed by atoms with van der Waals surface area (Å²) in [5.41, 5.74) is 1.65. The molecule has 0 aliphatic heterocycles. The van der Waals surface area contributed by atoms with Gasteiger partial charge in [0.2, 0.25) is 11.8 Å². The van der Waals surface area contributed by atoms with Gasteiger partial charge in [0.15, 0.2) is 0 Å². The van der Waals surface area contributed by atoms with E-state index in [4.69, 9.17) is 0 Å². The zero-order valence-electron chi connectivity index (χ0n) is 17.6. The molecule has 156 valence electrons. The van der Waals surface area contributed by atoms with Crippen LogP contribution in [0.3, 0.4) is 0 Å². The van der Waals surface area contributed by atoms with Crippen LogP contribution in [0.25, 0.3) is 21.5 Å². The number of amides is 2. The number of hydrogen-bond acceptors (Lipinski definition) is 2. The van der Waals surface area contributed by atoms with Gasteiger partial charge >= 0.3 is 0 Å². The number of hydrogen-bond donors (Lipinski definition) is 2. The van der Waals surface area contributed by atoms with Gasteiger partial charge in [-0.05, 0) is 35.2 Å². The second-order valence-electron chi connectivity index (χ2n) is 8.00. The minimum atomic E-state index is -0.0299. The maximum absolute atomic E-state index is 12.5. The number of carbonyl (C=O) groups excluding carboxylic acids is 2. The summed E-state index contributed by atoms with van der Waals surface area (Å²) < 4.78 is 0. The van der Waals surface area contributed by atoms with E-state index >= 15 is 0 Å². The molecule has 1 atom stereocenters. The molecule has 2 amide bonds. The second kappa shape index (κ2) is 9.43. The fourth-order valence-electron chi connectivity index (χ4n) is 3.88. The Kier molecular flexibility index (Phi) is 6.27. The molecule has 0 fully saturated rings. The molecule has 4 heteroatoms. The molecule has 2 N–H and O–H groups in total. The number of benzene rings is 4. The second-order valence-corrected chi connectivity index (χ2v) is 8.00. The van der Waals surface area contributed by atoms with Crippen LogP contribution in [0.2, 0.25) is 0 Å². The number of anilines is 2. The van der Waals surface area contributed by atoms with Gasteiger partial charge in [0.1, 0.15) is 0 Å². The van der Waals surface area contributed by atoms with Gasteiger partial charge in [0.05, 0.1) is 0 Å². The fourth-order valence-corrected chi connectivity index (χ4v) is 3.88. The Morgan fingerprint density at radius 2 is 1.16 bits per heavy atom. The van der Waals surface area contributed by atoms with Crippen molar-refractivity contribution in [2.24, 2.45) is 5.92 Å². The molecule has 0 saturated heterocycles. The molecular formula is C27H26N2O2. The Morgan fingerprint density at radius 1 is 0.677 bits per heavy atom. The summed E-state index contributed by atoms with van der Waals surface area (Å²) in [6.07, 6.45) is 1.41. The predicted molar refractivity (Wildman–Crippen MR) is 128 cm³/mol. The van der Waals surface area contributed by atoms with Crippen molar-refractivity contribution in [3.05, 3.63) is 84.9 Å². The molecule has 0 spiro atoms. The smallest absolute Gasteiger partial charge is 0.224 e. The zero-order valence-corrected chi connectivity index (χ0v) is 17.6. The zero-order chi connectivity index (χ0) is 21.6. The van der Waals surface area contributed by atoms with Gasteiger partial charge in [-0.3, -0.25) is 9.59 Å². The average molecular weight is 411 g/mol. The van der Waals surface area contributed by atoms with E-state index in [-0.39, 0.29) is 17.7 Å². The van der Waals surface area contributed by atoms with E-state index in [0.29, 0.717) is 19.3 Å². The Labute approximate surface area is 182 Å². The predicted octanol–water partition coefficient (Wildman–Crippen LogP) is 6.38. The lowest BCUT2D eigenvalue weighted by Gasteiger charge is -2.13. The highest BCUT2D eigenvalue weighted by atomic mass is 16.2. The Hall–Kier alpha value is -3.66. The summed E-state index contributed by atoms with van der Waals surface area (Å²) in [5, 5.41) is 10.3. The monoisotopic (exact) mass is 410 g/mol. The number of rotatable bonds is 7. The standard InChI is InChI=1S/C27H26N2O2/c1-19(18-27(31)29-25-15-7-11-21-9-3-5-13-23(21)25)16-17-26(30)28-24-14-6-10-20-8-2-4-12-22(20)24/h2-15,19H,16-18H2,1H3,(H,28,30)(H,29,31)/t19-/m1/s1. The van der Waals surface area contributed by atoms with Gasteiger partial charge in [0.25, 0.3) is 0 Å². The van der Waals surface area contributed by atoms with Gasteiger partial charge < -0.3 is 10.6 Å². The van der Waals surface area contributed by atoms with Gasteiger partial charge in [-0.1, -0.05) is 79.7 Å². The van der Waals surface area contributed by atoms with Gasteiger partial charge in [-0.25, -0.2) is 0 Å². The molecule has 0 unspecified atom stereocenters. The lowest BCUT2D eigenvalue weighted by molar-refractivity contribution is -0.118. The fraction of sp³-hybridized carbons (Fsp3) is 0.185. The van der Waals surface area contributed by atoms with Crippen LogP contribution < -0.4 is 10.6 Å². The lowest BCUT2D eigenvalue weighted by Crippen LogP contribution is -2.17. The van der Waals surface area contributed by atoms with E-state index in [1.54, 1.807) is 0 Å². The van der Waals surface area contributed by atoms with E-state index in [0.717, 1.165) is 32.9 Å². The maximum Gasteiger partial charge on any atom is 0.224 e. The van der Waals surface area contributed by atoms with Crippen molar-refractivity contribution in [1.82, 2.24) is 0 Å². The molecular weight excluding hydrogens is 384 g/mol. The number of carbonyl (C=O) groups is 2. The third-order valence-corrected chi connectivity index (χ3v) is 5.53.